The van der Waals surface area contributed by atoms with Crippen molar-refractivity contribution in [3.8, 4) is 11.5 Å². The number of thiocarbonyl (C=S) groups is 1. The fourth-order valence-electron chi connectivity index (χ4n) is 2.73. The van der Waals surface area contributed by atoms with E-state index < -0.39 is 5.97 Å². The number of hydrogen-bond donors (Lipinski definition) is 0. The summed E-state index contributed by atoms with van der Waals surface area (Å²) >= 11 is 6.40. The minimum absolute atomic E-state index is 0.177. The minimum Gasteiger partial charge on any atom is -0.493 e. The molecule has 0 saturated carbocycles. The summed E-state index contributed by atoms with van der Waals surface area (Å²) in [7, 11) is 1.59. The van der Waals surface area contributed by atoms with E-state index in [-0.39, 0.29) is 19.1 Å². The zero-order valence-electron chi connectivity index (χ0n) is 17.1. The molecule has 1 aliphatic rings. The number of benzene rings is 1. The second-order valence-electron chi connectivity index (χ2n) is 6.39. The Kier molecular flexibility index (Phi) is 9.47. The Labute approximate surface area is 181 Å². The lowest BCUT2D eigenvalue weighted by molar-refractivity contribution is -0.145. The molecule has 0 unspecified atom stereocenters. The highest BCUT2D eigenvalue weighted by Crippen LogP contribution is 2.34. The van der Waals surface area contributed by atoms with Crippen LogP contribution in [0.5, 0.6) is 11.5 Å². The van der Waals surface area contributed by atoms with Crippen molar-refractivity contribution in [2.45, 2.75) is 39.5 Å². The molecule has 1 amide bonds. The highest BCUT2D eigenvalue weighted by Gasteiger charge is 2.33. The highest BCUT2D eigenvalue weighted by atomic mass is 32.2. The largest absolute Gasteiger partial charge is 0.493 e. The number of nitrogens with zero attached hydrogens (tertiary/aromatic N) is 1. The number of ether oxygens (including phenoxy) is 3. The molecule has 1 heterocycles. The van der Waals surface area contributed by atoms with Gasteiger partial charge in [-0.25, -0.2) is 0 Å². The third kappa shape index (κ3) is 6.75. The average Bonchev–Trinajstić information content (AvgIpc) is 2.96. The fourth-order valence-corrected chi connectivity index (χ4v) is 3.98. The minimum atomic E-state index is -0.479. The summed E-state index contributed by atoms with van der Waals surface area (Å²) in [5.74, 6) is 0.502. The van der Waals surface area contributed by atoms with E-state index in [1.165, 1.54) is 17.7 Å². The molecular weight excluding hydrogens is 410 g/mol. The topological polar surface area (TPSA) is 65.1 Å². The quantitative estimate of drug-likeness (QED) is 0.220. The molecule has 2 rings (SSSR count). The van der Waals surface area contributed by atoms with Gasteiger partial charge in [0.15, 0.2) is 11.5 Å². The van der Waals surface area contributed by atoms with Crippen molar-refractivity contribution in [1.82, 2.24) is 4.90 Å². The SMILES string of the molecule is CCCCCCOc1ccc(C=C2SC(=S)N(CC(=O)OCC)C2=O)cc1OC. The molecule has 0 aromatic heterocycles. The Morgan fingerprint density at radius 3 is 2.69 bits per heavy atom. The molecule has 0 N–H and O–H groups in total. The zero-order chi connectivity index (χ0) is 21.2. The van der Waals surface area contributed by atoms with Crippen LogP contribution in [0.15, 0.2) is 23.1 Å². The Hall–Kier alpha value is -2.06. The Morgan fingerprint density at radius 1 is 1.21 bits per heavy atom. The number of carbonyl (C=O) groups excluding carboxylic acids is 2. The number of hydrogen-bond acceptors (Lipinski definition) is 7. The summed E-state index contributed by atoms with van der Waals surface area (Å²) in [6.07, 6.45) is 6.27. The molecule has 158 valence electrons. The van der Waals surface area contributed by atoms with Gasteiger partial charge in [0, 0.05) is 0 Å². The van der Waals surface area contributed by atoms with Gasteiger partial charge in [-0.2, -0.15) is 0 Å². The van der Waals surface area contributed by atoms with Gasteiger partial charge in [0.1, 0.15) is 10.9 Å². The zero-order valence-corrected chi connectivity index (χ0v) is 18.7. The van der Waals surface area contributed by atoms with Gasteiger partial charge in [0.2, 0.25) is 0 Å². The molecule has 1 aromatic carbocycles. The van der Waals surface area contributed by atoms with Crippen molar-refractivity contribution in [2.24, 2.45) is 0 Å². The molecule has 8 heteroatoms. The first-order valence-corrected chi connectivity index (χ1v) is 10.9. The summed E-state index contributed by atoms with van der Waals surface area (Å²) in [4.78, 5) is 26.0. The maximum absolute atomic E-state index is 12.6. The lowest BCUT2D eigenvalue weighted by Gasteiger charge is -2.13. The average molecular weight is 438 g/mol. The predicted molar refractivity (Wildman–Crippen MR) is 119 cm³/mol. The maximum atomic E-state index is 12.6. The summed E-state index contributed by atoms with van der Waals surface area (Å²) < 4.78 is 16.5. The van der Waals surface area contributed by atoms with Crippen molar-refractivity contribution in [1.29, 1.82) is 0 Å². The van der Waals surface area contributed by atoms with Crippen LogP contribution in [0.2, 0.25) is 0 Å². The van der Waals surface area contributed by atoms with Crippen LogP contribution >= 0.6 is 24.0 Å². The molecule has 1 aliphatic heterocycles. The number of esters is 1. The second-order valence-corrected chi connectivity index (χ2v) is 8.07. The highest BCUT2D eigenvalue weighted by molar-refractivity contribution is 8.26. The van der Waals surface area contributed by atoms with Crippen LogP contribution in [0.1, 0.15) is 45.1 Å². The van der Waals surface area contributed by atoms with E-state index >= 15 is 0 Å². The Balaban J connectivity index is 2.06. The van der Waals surface area contributed by atoms with Crippen molar-refractivity contribution in [3.05, 3.63) is 28.7 Å². The summed E-state index contributed by atoms with van der Waals surface area (Å²) in [5.41, 5.74) is 0.789. The van der Waals surface area contributed by atoms with E-state index in [1.54, 1.807) is 20.1 Å². The van der Waals surface area contributed by atoms with E-state index in [2.05, 4.69) is 6.92 Å². The van der Waals surface area contributed by atoms with Crippen LogP contribution < -0.4 is 9.47 Å². The molecule has 0 radical (unpaired) electrons. The van der Waals surface area contributed by atoms with Crippen molar-refractivity contribution >= 4 is 46.3 Å². The van der Waals surface area contributed by atoms with E-state index in [0.717, 1.165) is 30.2 Å². The van der Waals surface area contributed by atoms with E-state index in [4.69, 9.17) is 26.4 Å². The number of unbranched alkanes of at least 4 members (excludes halogenated alkanes) is 3. The van der Waals surface area contributed by atoms with Crippen molar-refractivity contribution in [2.75, 3.05) is 26.9 Å². The first kappa shape index (κ1) is 23.2. The normalized spacial score (nSPS) is 15.1. The third-order valence-corrected chi connectivity index (χ3v) is 5.58. The van der Waals surface area contributed by atoms with Gasteiger partial charge >= 0.3 is 5.97 Å². The van der Waals surface area contributed by atoms with E-state index in [9.17, 15) is 9.59 Å². The summed E-state index contributed by atoms with van der Waals surface area (Å²) in [6, 6.07) is 5.52. The standard InChI is InChI=1S/C21H27NO5S2/c1-4-6-7-8-11-27-16-10-9-15(12-17(16)25-3)13-18-20(24)22(21(28)29-18)14-19(23)26-5-2/h9-10,12-13H,4-8,11,14H2,1-3H3. The Morgan fingerprint density at radius 2 is 2.00 bits per heavy atom. The van der Waals surface area contributed by atoms with Crippen LogP contribution in [0.4, 0.5) is 0 Å². The van der Waals surface area contributed by atoms with Gasteiger partial charge in [-0.1, -0.05) is 56.2 Å². The fraction of sp³-hybridized carbons (Fsp3) is 0.476. The van der Waals surface area contributed by atoms with Crippen LogP contribution in [0.3, 0.4) is 0 Å². The predicted octanol–water partition coefficient (Wildman–Crippen LogP) is 4.42. The van der Waals surface area contributed by atoms with Gasteiger partial charge in [-0.3, -0.25) is 14.5 Å². The number of thioether (sulfide) groups is 1. The lowest BCUT2D eigenvalue weighted by Crippen LogP contribution is -2.34. The van der Waals surface area contributed by atoms with E-state index in [0.29, 0.717) is 27.3 Å². The molecular formula is C21H27NO5S2. The van der Waals surface area contributed by atoms with Gasteiger partial charge < -0.3 is 14.2 Å². The van der Waals surface area contributed by atoms with Crippen molar-refractivity contribution < 1.29 is 23.8 Å². The smallest absolute Gasteiger partial charge is 0.326 e. The molecule has 0 spiro atoms. The van der Waals surface area contributed by atoms with Gasteiger partial charge in [-0.15, -0.1) is 0 Å². The molecule has 0 atom stereocenters. The van der Waals surface area contributed by atoms with Crippen LogP contribution in [0.25, 0.3) is 6.08 Å². The molecule has 0 aliphatic carbocycles. The number of carbonyl (C=O) groups is 2. The number of amides is 1. The van der Waals surface area contributed by atoms with E-state index in [1.807, 2.05) is 18.2 Å². The summed E-state index contributed by atoms with van der Waals surface area (Å²) in [6.45, 7) is 4.61. The van der Waals surface area contributed by atoms with Crippen LogP contribution in [-0.4, -0.2) is 48.0 Å². The first-order chi connectivity index (χ1) is 14.0. The Bertz CT molecular complexity index is 778. The first-order valence-electron chi connectivity index (χ1n) is 9.72. The summed E-state index contributed by atoms with van der Waals surface area (Å²) in [5, 5.41) is 0. The van der Waals surface area contributed by atoms with Crippen LogP contribution in [0, 0.1) is 0 Å². The molecule has 1 saturated heterocycles. The molecule has 1 fully saturated rings. The number of rotatable bonds is 11. The maximum Gasteiger partial charge on any atom is 0.326 e. The second kappa shape index (κ2) is 11.8. The third-order valence-electron chi connectivity index (χ3n) is 4.21. The van der Waals surface area contributed by atoms with Crippen LogP contribution in [-0.2, 0) is 14.3 Å². The van der Waals surface area contributed by atoms with Gasteiger partial charge in [-0.05, 0) is 37.1 Å². The molecule has 1 aromatic rings. The van der Waals surface area contributed by atoms with Gasteiger partial charge in [0.05, 0.1) is 25.2 Å². The van der Waals surface area contributed by atoms with Crippen molar-refractivity contribution in [3.63, 3.8) is 0 Å². The molecule has 0 bridgehead atoms. The lowest BCUT2D eigenvalue weighted by atomic mass is 10.1. The molecule has 29 heavy (non-hydrogen) atoms. The monoisotopic (exact) mass is 437 g/mol. The number of methoxy groups -OCH3 is 1. The van der Waals surface area contributed by atoms with Gasteiger partial charge in [0.25, 0.3) is 5.91 Å². The molecule has 6 nitrogen and oxygen atoms in total.